The van der Waals surface area contributed by atoms with Crippen LogP contribution in [0.25, 0.3) is 55.8 Å². The van der Waals surface area contributed by atoms with Crippen LogP contribution < -0.4 is 14.4 Å². The average molecular weight is 625 g/mol. The zero-order valence-corrected chi connectivity index (χ0v) is 26.0. The Labute approximate surface area is 258 Å². The van der Waals surface area contributed by atoms with Crippen LogP contribution in [-0.4, -0.2) is 44.2 Å². The van der Waals surface area contributed by atoms with Crippen LogP contribution in [0.3, 0.4) is 0 Å². The first kappa shape index (κ1) is 28.6. The predicted octanol–water partition coefficient (Wildman–Crippen LogP) is 6.90. The highest BCUT2D eigenvalue weighted by atomic mass is 32.2. The molecule has 1 amide bonds. The number of aromatic nitrogens is 2. The molecule has 45 heavy (non-hydrogen) atoms. The molecule has 0 saturated carbocycles. The summed E-state index contributed by atoms with van der Waals surface area (Å²) in [5.41, 5.74) is 5.41. The standard InChI is InChI=1S/C34H29FN4O5S/c1-18-9-11-20(12-10-18)33-31(34(40)36-3)23-15-22(27(17-30(23)44-33)38(4)45(5,41)42)25-13-14-29-32(37-25)28-16-21-24(35)7-6-8-26(21)39(28)19(2)43-29/h6-17,19H,1-5H3,(H,36,40). The number of pyridine rings is 1. The zero-order valence-electron chi connectivity index (χ0n) is 25.2. The SMILES string of the molecule is CNC(=O)c1c(-c2ccc(C)cc2)oc2cc(N(C)S(C)(=O)=O)c(-c3ccc4c(n3)-c3cc5c(F)cccc5n3C(C)O4)cc12. The van der Waals surface area contributed by atoms with E-state index in [0.29, 0.717) is 72.8 Å². The number of hydrogen-bond acceptors (Lipinski definition) is 6. The fraction of sp³-hybridized carbons (Fsp3) is 0.176. The second kappa shape index (κ2) is 10.2. The molecule has 6 aromatic rings. The first-order chi connectivity index (χ1) is 21.5. The van der Waals surface area contributed by atoms with Crippen molar-refractivity contribution in [1.29, 1.82) is 0 Å². The number of nitrogens with zero attached hydrogens (tertiary/aromatic N) is 3. The van der Waals surface area contributed by atoms with Gasteiger partial charge in [-0.25, -0.2) is 17.8 Å². The molecule has 9 nitrogen and oxygen atoms in total. The molecule has 1 unspecified atom stereocenters. The number of carbonyl (C=O) groups is 1. The number of anilines is 1. The number of fused-ring (bicyclic) bond motifs is 6. The maximum Gasteiger partial charge on any atom is 0.255 e. The summed E-state index contributed by atoms with van der Waals surface area (Å²) in [5.74, 6) is 0.165. The fourth-order valence-corrected chi connectivity index (χ4v) is 6.44. The Bertz CT molecular complexity index is 2290. The average Bonchev–Trinajstić information content (AvgIpc) is 3.60. The van der Waals surface area contributed by atoms with E-state index in [2.05, 4.69) is 5.32 Å². The van der Waals surface area contributed by atoms with Gasteiger partial charge in [0.1, 0.15) is 28.6 Å². The number of aryl methyl sites for hydroxylation is 1. The largest absolute Gasteiger partial charge is 0.468 e. The smallest absolute Gasteiger partial charge is 0.255 e. The van der Waals surface area contributed by atoms with Gasteiger partial charge in [0.15, 0.2) is 6.23 Å². The van der Waals surface area contributed by atoms with Gasteiger partial charge in [0.05, 0.1) is 34.4 Å². The molecule has 1 aliphatic rings. The molecule has 4 heterocycles. The lowest BCUT2D eigenvalue weighted by Gasteiger charge is -2.27. The van der Waals surface area contributed by atoms with Crippen molar-refractivity contribution in [3.8, 4) is 39.7 Å². The van der Waals surface area contributed by atoms with Crippen LogP contribution in [0, 0.1) is 12.7 Å². The molecule has 3 aromatic carbocycles. The summed E-state index contributed by atoms with van der Waals surface area (Å²) in [6.07, 6.45) is 0.697. The van der Waals surface area contributed by atoms with E-state index in [0.717, 1.165) is 16.1 Å². The Kier molecular flexibility index (Phi) is 6.48. The third-order valence-electron chi connectivity index (χ3n) is 8.28. The van der Waals surface area contributed by atoms with Crippen molar-refractivity contribution >= 4 is 43.5 Å². The quantitative estimate of drug-likeness (QED) is 0.224. The number of amides is 1. The van der Waals surface area contributed by atoms with Crippen LogP contribution in [0.4, 0.5) is 10.1 Å². The molecule has 0 aliphatic carbocycles. The number of sulfonamides is 1. The van der Waals surface area contributed by atoms with Crippen LogP contribution in [0.5, 0.6) is 5.75 Å². The number of halogens is 1. The number of furan rings is 1. The Hall–Kier alpha value is -5.16. The number of ether oxygens (including phenoxy) is 1. The second-order valence-electron chi connectivity index (χ2n) is 11.2. The first-order valence-electron chi connectivity index (χ1n) is 14.3. The lowest BCUT2D eigenvalue weighted by molar-refractivity contribution is 0.0964. The van der Waals surface area contributed by atoms with Crippen LogP contribution in [0.15, 0.2) is 77.2 Å². The predicted molar refractivity (Wildman–Crippen MR) is 172 cm³/mol. The summed E-state index contributed by atoms with van der Waals surface area (Å²) in [7, 11) is -0.723. The highest BCUT2D eigenvalue weighted by Gasteiger charge is 2.30. The summed E-state index contributed by atoms with van der Waals surface area (Å²) in [5, 5.41) is 3.64. The summed E-state index contributed by atoms with van der Waals surface area (Å²) in [6.45, 7) is 3.84. The van der Waals surface area contributed by atoms with Crippen LogP contribution >= 0.6 is 0 Å². The molecule has 1 N–H and O–H groups in total. The lowest BCUT2D eigenvalue weighted by Crippen LogP contribution is -2.25. The molecule has 7 rings (SSSR count). The minimum absolute atomic E-state index is 0.307. The molecule has 3 aromatic heterocycles. The van der Waals surface area contributed by atoms with E-state index in [1.54, 1.807) is 43.4 Å². The van der Waals surface area contributed by atoms with Crippen LogP contribution in [0.2, 0.25) is 0 Å². The molecule has 1 atom stereocenters. The molecule has 228 valence electrons. The van der Waals surface area contributed by atoms with Crippen molar-refractivity contribution in [2.75, 3.05) is 24.7 Å². The molecule has 11 heteroatoms. The molecular formula is C34H29FN4O5S. The van der Waals surface area contributed by atoms with E-state index < -0.39 is 16.3 Å². The van der Waals surface area contributed by atoms with Crippen LogP contribution in [-0.2, 0) is 10.0 Å². The third kappa shape index (κ3) is 4.53. The maximum absolute atomic E-state index is 14.8. The molecule has 1 aliphatic heterocycles. The Morgan fingerprint density at radius 1 is 1.04 bits per heavy atom. The summed E-state index contributed by atoms with van der Waals surface area (Å²) in [4.78, 5) is 18.3. The number of nitrogens with one attached hydrogen (secondary N) is 1. The molecule has 0 spiro atoms. The Morgan fingerprint density at radius 3 is 2.51 bits per heavy atom. The highest BCUT2D eigenvalue weighted by molar-refractivity contribution is 7.92. The lowest BCUT2D eigenvalue weighted by atomic mass is 10.00. The first-order valence-corrected chi connectivity index (χ1v) is 16.1. The van der Waals surface area contributed by atoms with Crippen molar-refractivity contribution < 1.29 is 26.8 Å². The van der Waals surface area contributed by atoms with E-state index >= 15 is 0 Å². The van der Waals surface area contributed by atoms with E-state index in [4.69, 9.17) is 14.1 Å². The second-order valence-corrected chi connectivity index (χ2v) is 13.2. The van der Waals surface area contributed by atoms with Gasteiger partial charge < -0.3 is 19.0 Å². The van der Waals surface area contributed by atoms with Gasteiger partial charge in [-0.1, -0.05) is 35.9 Å². The van der Waals surface area contributed by atoms with E-state index in [-0.39, 0.29) is 11.7 Å². The molecule has 0 radical (unpaired) electrons. The van der Waals surface area contributed by atoms with Crippen molar-refractivity contribution in [1.82, 2.24) is 14.9 Å². The normalized spacial score (nSPS) is 14.2. The van der Waals surface area contributed by atoms with Crippen molar-refractivity contribution in [3.05, 3.63) is 89.7 Å². The zero-order chi connectivity index (χ0) is 31.8. The Morgan fingerprint density at radius 2 is 1.80 bits per heavy atom. The molecule has 0 bridgehead atoms. The van der Waals surface area contributed by atoms with Gasteiger partial charge in [-0.05, 0) is 50.2 Å². The van der Waals surface area contributed by atoms with Crippen molar-refractivity contribution in [2.24, 2.45) is 0 Å². The molecule has 0 fully saturated rings. The minimum atomic E-state index is -3.72. The monoisotopic (exact) mass is 624 g/mol. The van der Waals surface area contributed by atoms with Gasteiger partial charge in [0, 0.05) is 42.1 Å². The van der Waals surface area contributed by atoms with Gasteiger partial charge in [-0.15, -0.1) is 0 Å². The summed E-state index contributed by atoms with van der Waals surface area (Å²) >= 11 is 0. The van der Waals surface area contributed by atoms with Crippen molar-refractivity contribution in [2.45, 2.75) is 20.1 Å². The van der Waals surface area contributed by atoms with Gasteiger partial charge in [0.2, 0.25) is 10.0 Å². The van der Waals surface area contributed by atoms with E-state index in [9.17, 15) is 17.6 Å². The van der Waals surface area contributed by atoms with Gasteiger partial charge in [-0.2, -0.15) is 0 Å². The van der Waals surface area contributed by atoms with Crippen LogP contribution in [0.1, 0.15) is 29.1 Å². The highest BCUT2D eigenvalue weighted by Crippen LogP contribution is 2.45. The molecule has 0 saturated heterocycles. The Balaban J connectivity index is 1.50. The van der Waals surface area contributed by atoms with E-state index in [1.165, 1.54) is 13.1 Å². The minimum Gasteiger partial charge on any atom is -0.468 e. The van der Waals surface area contributed by atoms with Gasteiger partial charge in [-0.3, -0.25) is 9.10 Å². The van der Waals surface area contributed by atoms with Crippen molar-refractivity contribution in [3.63, 3.8) is 0 Å². The maximum atomic E-state index is 14.8. The number of rotatable bonds is 5. The third-order valence-corrected chi connectivity index (χ3v) is 9.47. The number of hydrogen-bond donors (Lipinski definition) is 1. The fourth-order valence-electron chi connectivity index (χ4n) is 5.94. The molecular weight excluding hydrogens is 595 g/mol. The van der Waals surface area contributed by atoms with E-state index in [1.807, 2.05) is 48.7 Å². The number of carbonyl (C=O) groups excluding carboxylic acids is 1. The van der Waals surface area contributed by atoms with Gasteiger partial charge in [0.25, 0.3) is 5.91 Å². The van der Waals surface area contributed by atoms with Gasteiger partial charge >= 0.3 is 0 Å². The number of benzene rings is 3. The topological polar surface area (TPSA) is 107 Å². The summed E-state index contributed by atoms with van der Waals surface area (Å²) < 4.78 is 56.0. The summed E-state index contributed by atoms with van der Waals surface area (Å²) in [6, 6.07) is 21.1.